The van der Waals surface area contributed by atoms with E-state index < -0.39 is 0 Å². The lowest BCUT2D eigenvalue weighted by Crippen LogP contribution is -1.93. The minimum Gasteiger partial charge on any atom is -0.134 e. The highest BCUT2D eigenvalue weighted by Gasteiger charge is 2.21. The Morgan fingerprint density at radius 2 is 0.712 bits per heavy atom. The van der Waals surface area contributed by atoms with Gasteiger partial charge in [0.05, 0.1) is 0 Å². The largest absolute Gasteiger partial charge is 0.134 e. The van der Waals surface area contributed by atoms with Gasteiger partial charge in [0.25, 0.3) is 0 Å². The van der Waals surface area contributed by atoms with Gasteiger partial charge >= 0.3 is 0 Å². The van der Waals surface area contributed by atoms with Crippen molar-refractivity contribution >= 4 is 107 Å². The quantitative estimate of drug-likeness (QED) is 0.124. The molecule has 1 aromatic heterocycles. The van der Waals surface area contributed by atoms with Crippen molar-refractivity contribution in [2.24, 2.45) is 0 Å². The van der Waals surface area contributed by atoms with Gasteiger partial charge in [-0.15, -0.1) is 11.3 Å². The van der Waals surface area contributed by atoms with E-state index >= 15 is 0 Å². The van der Waals surface area contributed by atoms with Crippen molar-refractivity contribution in [3.05, 3.63) is 206 Å². The molecule has 0 bridgehead atoms. The first-order valence-corrected chi connectivity index (χ1v) is 21.2. The zero-order valence-electron chi connectivity index (χ0n) is 32.0. The van der Waals surface area contributed by atoms with E-state index in [1.54, 1.807) is 0 Å². The number of hydrogen-bond donors (Lipinski definition) is 0. The van der Waals surface area contributed by atoms with Crippen LogP contribution in [0.3, 0.4) is 0 Å². The first-order valence-electron chi connectivity index (χ1n) is 20.4. The van der Waals surface area contributed by atoms with Crippen LogP contribution in [0.15, 0.2) is 206 Å². The van der Waals surface area contributed by atoms with Gasteiger partial charge in [-0.3, -0.25) is 0 Å². The maximum absolute atomic E-state index is 2.40. The fourth-order valence-corrected chi connectivity index (χ4v) is 11.7. The summed E-state index contributed by atoms with van der Waals surface area (Å²) in [5, 5.41) is 20.7. The Kier molecular flexibility index (Phi) is 6.98. The standard InChI is InChI=1S/C58H34S/c1-2-16-38-35(14-1)15-13-27-45(38)54-47-22-8-10-24-49(47)55(50-25-11-9-23-48(50)54)51-33-32-39(41-17-3-4-18-42(41)51)36-28-30-40-37(34-36)29-31-53-56-46-21-7-5-19-43(46)44-20-6-12-26-52(44)58(56)59-57(40)53/h1-34H. The molecular weight excluding hydrogens is 729 g/mol. The molecule has 0 spiro atoms. The van der Waals surface area contributed by atoms with Crippen LogP contribution in [0, 0.1) is 0 Å². The lowest BCUT2D eigenvalue weighted by Gasteiger charge is -2.20. The van der Waals surface area contributed by atoms with Crippen molar-refractivity contribution in [2.45, 2.75) is 0 Å². The summed E-state index contributed by atoms with van der Waals surface area (Å²) in [4.78, 5) is 0. The average Bonchev–Trinajstić information content (AvgIpc) is 3.71. The van der Waals surface area contributed by atoms with Crippen LogP contribution >= 0.6 is 11.3 Å². The molecule has 0 radical (unpaired) electrons. The molecule has 0 aliphatic carbocycles. The van der Waals surface area contributed by atoms with Gasteiger partial charge in [0.2, 0.25) is 0 Å². The average molecular weight is 763 g/mol. The summed E-state index contributed by atoms with van der Waals surface area (Å²) < 4.78 is 2.73. The monoisotopic (exact) mass is 762 g/mol. The molecule has 0 aliphatic heterocycles. The zero-order valence-corrected chi connectivity index (χ0v) is 32.9. The normalized spacial score (nSPS) is 12.1. The Balaban J connectivity index is 1.02. The summed E-state index contributed by atoms with van der Waals surface area (Å²) in [6.45, 7) is 0. The second-order valence-corrected chi connectivity index (χ2v) is 16.9. The van der Waals surface area contributed by atoms with Gasteiger partial charge in [-0.1, -0.05) is 200 Å². The summed E-state index contributed by atoms with van der Waals surface area (Å²) in [5.74, 6) is 0. The second kappa shape index (κ2) is 12.6. The molecule has 0 fully saturated rings. The molecule has 13 rings (SSSR count). The topological polar surface area (TPSA) is 0 Å². The van der Waals surface area contributed by atoms with Crippen molar-refractivity contribution in [3.63, 3.8) is 0 Å². The molecule has 0 saturated heterocycles. The molecule has 0 unspecified atom stereocenters. The fourth-order valence-electron chi connectivity index (χ4n) is 10.3. The van der Waals surface area contributed by atoms with Crippen molar-refractivity contribution < 1.29 is 0 Å². The lowest BCUT2D eigenvalue weighted by atomic mass is 9.83. The molecule has 0 N–H and O–H groups in total. The molecular formula is C58H34S. The Hall–Kier alpha value is -7.32. The first kappa shape index (κ1) is 32.7. The van der Waals surface area contributed by atoms with Crippen LogP contribution in [0.4, 0.5) is 0 Å². The van der Waals surface area contributed by atoms with Crippen LogP contribution < -0.4 is 0 Å². The fraction of sp³-hybridized carbons (Fsp3) is 0. The third-order valence-corrected chi connectivity index (χ3v) is 14.1. The number of thiophene rings is 1. The number of fused-ring (bicyclic) bond motifs is 14. The van der Waals surface area contributed by atoms with E-state index in [0.717, 1.165) is 0 Å². The molecule has 1 heterocycles. The SMILES string of the molecule is c1ccc2c(-c3c4ccccc4c(-c4ccc(-c5ccc6c(ccc7c6sc6c8ccccc8c8ccccc8c76)c5)c5ccccc45)c4ccccc34)cccc2c1. The van der Waals surface area contributed by atoms with E-state index in [1.165, 1.54) is 129 Å². The molecule has 0 atom stereocenters. The molecule has 0 saturated carbocycles. The van der Waals surface area contributed by atoms with Gasteiger partial charge in [0, 0.05) is 25.6 Å². The van der Waals surface area contributed by atoms with Gasteiger partial charge in [-0.25, -0.2) is 0 Å². The molecule has 0 aliphatic rings. The maximum atomic E-state index is 2.40. The molecule has 13 aromatic rings. The summed E-state index contributed by atoms with van der Waals surface area (Å²) in [7, 11) is 0. The molecule has 1 heteroatoms. The molecule has 59 heavy (non-hydrogen) atoms. The Morgan fingerprint density at radius 1 is 0.237 bits per heavy atom. The minimum atomic E-state index is 1.23. The maximum Gasteiger partial charge on any atom is 0.0440 e. The van der Waals surface area contributed by atoms with Gasteiger partial charge in [-0.05, 0) is 109 Å². The molecule has 12 aromatic carbocycles. The predicted molar refractivity (Wildman–Crippen MR) is 258 cm³/mol. The van der Waals surface area contributed by atoms with Gasteiger partial charge in [-0.2, -0.15) is 0 Å². The highest BCUT2D eigenvalue weighted by molar-refractivity contribution is 7.27. The van der Waals surface area contributed by atoms with Crippen LogP contribution in [0.2, 0.25) is 0 Å². The Bertz CT molecular complexity index is 3840. The number of rotatable bonds is 3. The van der Waals surface area contributed by atoms with E-state index in [0.29, 0.717) is 0 Å². The van der Waals surface area contributed by atoms with Gasteiger partial charge < -0.3 is 0 Å². The highest BCUT2D eigenvalue weighted by Crippen LogP contribution is 2.49. The van der Waals surface area contributed by atoms with Crippen molar-refractivity contribution in [3.8, 4) is 33.4 Å². The summed E-state index contributed by atoms with van der Waals surface area (Å²) in [6.07, 6.45) is 0. The van der Waals surface area contributed by atoms with Crippen LogP contribution in [0.25, 0.3) is 129 Å². The van der Waals surface area contributed by atoms with Crippen LogP contribution in [0.5, 0.6) is 0 Å². The lowest BCUT2D eigenvalue weighted by molar-refractivity contribution is 1.67. The second-order valence-electron chi connectivity index (χ2n) is 15.8. The van der Waals surface area contributed by atoms with E-state index in [2.05, 4.69) is 206 Å². The van der Waals surface area contributed by atoms with Crippen LogP contribution in [-0.2, 0) is 0 Å². The number of hydrogen-bond acceptors (Lipinski definition) is 1. The smallest absolute Gasteiger partial charge is 0.0440 e. The van der Waals surface area contributed by atoms with E-state index in [1.807, 2.05) is 11.3 Å². The Morgan fingerprint density at radius 3 is 1.39 bits per heavy atom. The number of benzene rings is 12. The predicted octanol–water partition coefficient (Wildman–Crippen LogP) is 17.1. The van der Waals surface area contributed by atoms with Crippen molar-refractivity contribution in [1.82, 2.24) is 0 Å². The van der Waals surface area contributed by atoms with Crippen LogP contribution in [-0.4, -0.2) is 0 Å². The first-order chi connectivity index (χ1) is 29.3. The zero-order chi connectivity index (χ0) is 38.6. The van der Waals surface area contributed by atoms with E-state index in [-0.39, 0.29) is 0 Å². The Labute approximate surface area is 344 Å². The van der Waals surface area contributed by atoms with Crippen LogP contribution in [0.1, 0.15) is 0 Å². The highest BCUT2D eigenvalue weighted by atomic mass is 32.1. The molecule has 0 nitrogen and oxygen atoms in total. The van der Waals surface area contributed by atoms with Gasteiger partial charge in [0.15, 0.2) is 0 Å². The third kappa shape index (κ3) is 4.71. The van der Waals surface area contributed by atoms with Gasteiger partial charge in [0.1, 0.15) is 0 Å². The summed E-state index contributed by atoms with van der Waals surface area (Å²) in [5.41, 5.74) is 7.59. The minimum absolute atomic E-state index is 1.23. The molecule has 272 valence electrons. The van der Waals surface area contributed by atoms with E-state index in [4.69, 9.17) is 0 Å². The van der Waals surface area contributed by atoms with Crippen molar-refractivity contribution in [1.29, 1.82) is 0 Å². The third-order valence-electron chi connectivity index (χ3n) is 12.8. The summed E-state index contributed by atoms with van der Waals surface area (Å²) in [6, 6.07) is 76.8. The van der Waals surface area contributed by atoms with E-state index in [9.17, 15) is 0 Å². The van der Waals surface area contributed by atoms with Crippen molar-refractivity contribution in [2.75, 3.05) is 0 Å². The summed E-state index contributed by atoms with van der Waals surface area (Å²) >= 11 is 1.94. The molecule has 0 amide bonds.